The number of hydrogen-bond donors (Lipinski definition) is 1. The maximum absolute atomic E-state index is 5.38. The molecule has 1 aromatic heterocycles. The van der Waals surface area contributed by atoms with Crippen molar-refractivity contribution in [3.63, 3.8) is 0 Å². The van der Waals surface area contributed by atoms with Crippen molar-refractivity contribution in [3.8, 4) is 11.5 Å². The maximum atomic E-state index is 5.38. The topological polar surface area (TPSA) is 53.6 Å². The van der Waals surface area contributed by atoms with E-state index in [0.717, 1.165) is 48.6 Å². The second-order valence-electron chi connectivity index (χ2n) is 5.09. The average molecular weight is 276 g/mol. The Balaban J connectivity index is 2.00. The molecule has 3 rings (SSSR count). The average Bonchev–Trinajstić information content (AvgIpc) is 2.89. The molecule has 1 fully saturated rings. The molecule has 1 saturated heterocycles. The van der Waals surface area contributed by atoms with Gasteiger partial charge >= 0.3 is 0 Å². The first kappa shape index (κ1) is 13.1. The van der Waals surface area contributed by atoms with Gasteiger partial charge in [0.25, 0.3) is 0 Å². The molecule has 20 heavy (non-hydrogen) atoms. The molecule has 0 amide bonds. The molecule has 0 spiro atoms. The van der Waals surface area contributed by atoms with Crippen molar-refractivity contribution in [2.75, 3.05) is 52.3 Å². The van der Waals surface area contributed by atoms with Crippen LogP contribution in [0.1, 0.15) is 0 Å². The van der Waals surface area contributed by atoms with Crippen molar-refractivity contribution in [2.24, 2.45) is 0 Å². The summed E-state index contributed by atoms with van der Waals surface area (Å²) in [6.45, 7) is 4.10. The lowest BCUT2D eigenvalue weighted by atomic mass is 10.2. The third kappa shape index (κ3) is 2.16. The number of rotatable bonds is 3. The van der Waals surface area contributed by atoms with E-state index < -0.39 is 0 Å². The molecule has 0 aliphatic carbocycles. The number of methoxy groups -OCH3 is 2. The Kier molecular flexibility index (Phi) is 3.40. The van der Waals surface area contributed by atoms with Crippen molar-refractivity contribution in [3.05, 3.63) is 12.1 Å². The monoisotopic (exact) mass is 276 g/mol. The van der Waals surface area contributed by atoms with Crippen molar-refractivity contribution in [2.45, 2.75) is 0 Å². The Hall–Kier alpha value is -1.95. The van der Waals surface area contributed by atoms with Gasteiger partial charge in [0.2, 0.25) is 0 Å². The summed E-state index contributed by atoms with van der Waals surface area (Å²) < 4.78 is 10.7. The summed E-state index contributed by atoms with van der Waals surface area (Å²) in [6, 6.07) is 3.92. The van der Waals surface area contributed by atoms with Gasteiger partial charge in [-0.05, 0) is 13.1 Å². The highest BCUT2D eigenvalue weighted by Gasteiger charge is 2.20. The summed E-state index contributed by atoms with van der Waals surface area (Å²) in [5.74, 6) is 2.44. The Morgan fingerprint density at radius 1 is 1.05 bits per heavy atom. The van der Waals surface area contributed by atoms with Crippen LogP contribution in [0.4, 0.5) is 5.82 Å². The van der Waals surface area contributed by atoms with Crippen LogP contribution in [0, 0.1) is 0 Å². The highest BCUT2D eigenvalue weighted by atomic mass is 16.5. The highest BCUT2D eigenvalue weighted by Crippen LogP contribution is 2.35. The molecule has 0 bridgehead atoms. The lowest BCUT2D eigenvalue weighted by Crippen LogP contribution is -2.44. The van der Waals surface area contributed by atoms with Crippen LogP contribution in [0.15, 0.2) is 12.1 Å². The molecule has 2 aromatic rings. The van der Waals surface area contributed by atoms with Gasteiger partial charge < -0.3 is 19.3 Å². The van der Waals surface area contributed by atoms with Gasteiger partial charge in [-0.25, -0.2) is 0 Å². The van der Waals surface area contributed by atoms with Crippen molar-refractivity contribution in [1.29, 1.82) is 0 Å². The molecule has 0 saturated carbocycles. The third-order valence-corrected chi connectivity index (χ3v) is 3.85. The number of H-pyrrole nitrogens is 1. The predicted molar refractivity (Wildman–Crippen MR) is 78.9 cm³/mol. The first-order valence-electron chi connectivity index (χ1n) is 6.76. The predicted octanol–water partition coefficient (Wildman–Crippen LogP) is 1.33. The zero-order valence-corrected chi connectivity index (χ0v) is 12.1. The quantitative estimate of drug-likeness (QED) is 0.916. The van der Waals surface area contributed by atoms with Gasteiger partial charge in [0.15, 0.2) is 17.3 Å². The third-order valence-electron chi connectivity index (χ3n) is 3.85. The summed E-state index contributed by atoms with van der Waals surface area (Å²) >= 11 is 0. The van der Waals surface area contributed by atoms with E-state index in [1.165, 1.54) is 0 Å². The number of nitrogens with one attached hydrogen (secondary N) is 1. The number of piperazine rings is 1. The number of anilines is 1. The lowest BCUT2D eigenvalue weighted by molar-refractivity contribution is 0.312. The van der Waals surface area contributed by atoms with Gasteiger partial charge in [-0.3, -0.25) is 5.10 Å². The van der Waals surface area contributed by atoms with Crippen molar-refractivity contribution >= 4 is 16.7 Å². The minimum absolute atomic E-state index is 0.716. The van der Waals surface area contributed by atoms with Crippen LogP contribution in [0.3, 0.4) is 0 Å². The van der Waals surface area contributed by atoms with Crippen LogP contribution >= 0.6 is 0 Å². The molecule has 1 aliphatic heterocycles. The fraction of sp³-hybridized carbons (Fsp3) is 0.500. The van der Waals surface area contributed by atoms with E-state index >= 15 is 0 Å². The number of fused-ring (bicyclic) bond motifs is 1. The fourth-order valence-electron chi connectivity index (χ4n) is 2.59. The largest absolute Gasteiger partial charge is 0.493 e. The van der Waals surface area contributed by atoms with E-state index in [9.17, 15) is 0 Å². The van der Waals surface area contributed by atoms with Gasteiger partial charge in [0, 0.05) is 37.6 Å². The number of nitrogens with zero attached hydrogens (tertiary/aromatic N) is 3. The van der Waals surface area contributed by atoms with Crippen LogP contribution in [-0.4, -0.2) is 62.5 Å². The number of ether oxygens (including phenoxy) is 2. The normalized spacial score (nSPS) is 16.6. The number of aromatic nitrogens is 2. The van der Waals surface area contributed by atoms with E-state index in [1.807, 2.05) is 12.1 Å². The van der Waals surface area contributed by atoms with Crippen LogP contribution in [0.5, 0.6) is 11.5 Å². The zero-order chi connectivity index (χ0) is 14.1. The van der Waals surface area contributed by atoms with Gasteiger partial charge in [-0.15, -0.1) is 0 Å². The van der Waals surface area contributed by atoms with Gasteiger partial charge in [-0.2, -0.15) is 5.10 Å². The number of benzene rings is 1. The summed E-state index contributed by atoms with van der Waals surface area (Å²) in [7, 11) is 5.44. The number of likely N-dealkylation sites (N-methyl/N-ethyl adjacent to an activating group) is 1. The van der Waals surface area contributed by atoms with Crippen LogP contribution in [0.2, 0.25) is 0 Å². The molecular formula is C14H20N4O2. The first-order valence-corrected chi connectivity index (χ1v) is 6.76. The molecule has 1 N–H and O–H groups in total. The van der Waals surface area contributed by atoms with Crippen molar-refractivity contribution in [1.82, 2.24) is 15.1 Å². The molecule has 1 aromatic carbocycles. The molecule has 1 aliphatic rings. The molecule has 0 atom stereocenters. The second-order valence-corrected chi connectivity index (χ2v) is 5.09. The molecule has 0 unspecified atom stereocenters. The van der Waals surface area contributed by atoms with Crippen LogP contribution < -0.4 is 14.4 Å². The highest BCUT2D eigenvalue weighted by molar-refractivity contribution is 5.92. The minimum atomic E-state index is 0.716. The van der Waals surface area contributed by atoms with Gasteiger partial charge in [0.05, 0.1) is 19.7 Å². The minimum Gasteiger partial charge on any atom is -0.493 e. The van der Waals surface area contributed by atoms with Crippen LogP contribution in [0.25, 0.3) is 10.9 Å². The van der Waals surface area contributed by atoms with Crippen LogP contribution in [-0.2, 0) is 0 Å². The fourth-order valence-corrected chi connectivity index (χ4v) is 2.59. The standard InChI is InChI=1S/C14H20N4O2/c1-17-4-6-18(7-5-17)14-10-8-12(19-2)13(20-3)9-11(10)15-16-14/h8-9H,4-7H2,1-3H3,(H,15,16). The summed E-state index contributed by atoms with van der Waals surface area (Å²) in [6.07, 6.45) is 0. The summed E-state index contributed by atoms with van der Waals surface area (Å²) in [4.78, 5) is 4.64. The smallest absolute Gasteiger partial charge is 0.162 e. The Morgan fingerprint density at radius 3 is 2.35 bits per heavy atom. The van der Waals surface area contributed by atoms with E-state index in [0.29, 0.717) is 5.75 Å². The summed E-state index contributed by atoms with van der Waals surface area (Å²) in [5, 5.41) is 8.62. The van der Waals surface area contributed by atoms with E-state index in [2.05, 4.69) is 27.0 Å². The SMILES string of the molecule is COc1cc2[nH]nc(N3CCN(C)CC3)c2cc1OC. The van der Waals surface area contributed by atoms with Crippen molar-refractivity contribution < 1.29 is 9.47 Å². The second kappa shape index (κ2) is 5.20. The van der Waals surface area contributed by atoms with E-state index in [-0.39, 0.29) is 0 Å². The maximum Gasteiger partial charge on any atom is 0.162 e. The molecule has 2 heterocycles. The van der Waals surface area contributed by atoms with Gasteiger partial charge in [0.1, 0.15) is 0 Å². The molecule has 0 radical (unpaired) electrons. The molecular weight excluding hydrogens is 256 g/mol. The molecule has 6 nitrogen and oxygen atoms in total. The summed E-state index contributed by atoms with van der Waals surface area (Å²) in [5.41, 5.74) is 0.969. The Morgan fingerprint density at radius 2 is 1.70 bits per heavy atom. The first-order chi connectivity index (χ1) is 9.72. The van der Waals surface area contributed by atoms with E-state index in [1.54, 1.807) is 14.2 Å². The molecule has 6 heteroatoms. The number of aromatic amines is 1. The zero-order valence-electron chi connectivity index (χ0n) is 12.1. The lowest BCUT2D eigenvalue weighted by Gasteiger charge is -2.32. The van der Waals surface area contributed by atoms with Gasteiger partial charge in [-0.1, -0.05) is 0 Å². The van der Waals surface area contributed by atoms with E-state index in [4.69, 9.17) is 9.47 Å². The Labute approximate surface area is 118 Å². The number of hydrogen-bond acceptors (Lipinski definition) is 5. The molecule has 108 valence electrons. The Bertz CT molecular complexity index is 602.